The van der Waals surface area contributed by atoms with E-state index in [1.54, 1.807) is 13.8 Å². The minimum atomic E-state index is 0.688. The summed E-state index contributed by atoms with van der Waals surface area (Å²) >= 11 is 0. The first-order valence-electron chi connectivity index (χ1n) is 3.40. The fourth-order valence-electron chi connectivity index (χ4n) is 0.365. The standard InChI is InChI=1S/C6H10O.C4H6O/c1-5(2)7-6(3)4;1-3-5-4-2/h1,3H2,2,4H3;3-4H,1-2H2. The van der Waals surface area contributed by atoms with Crippen molar-refractivity contribution in [2.24, 2.45) is 0 Å². The van der Waals surface area contributed by atoms with Crippen LogP contribution in [-0.2, 0) is 9.47 Å². The van der Waals surface area contributed by atoms with Gasteiger partial charge in [-0.15, -0.1) is 0 Å². The van der Waals surface area contributed by atoms with E-state index in [4.69, 9.17) is 4.74 Å². The van der Waals surface area contributed by atoms with Gasteiger partial charge in [-0.1, -0.05) is 26.3 Å². The van der Waals surface area contributed by atoms with Crippen LogP contribution in [0.25, 0.3) is 0 Å². The van der Waals surface area contributed by atoms with Gasteiger partial charge in [-0.05, 0) is 13.8 Å². The van der Waals surface area contributed by atoms with Crippen molar-refractivity contribution >= 4 is 0 Å². The molecular formula is C10H16O2. The van der Waals surface area contributed by atoms with E-state index in [1.807, 2.05) is 0 Å². The van der Waals surface area contributed by atoms with E-state index in [2.05, 4.69) is 31.1 Å². The number of allylic oxidation sites excluding steroid dienone is 2. The van der Waals surface area contributed by atoms with E-state index in [0.29, 0.717) is 11.5 Å². The molecule has 0 atom stereocenters. The topological polar surface area (TPSA) is 18.5 Å². The zero-order valence-electron chi connectivity index (χ0n) is 7.80. The Morgan fingerprint density at radius 2 is 1.33 bits per heavy atom. The van der Waals surface area contributed by atoms with Crippen LogP contribution in [0.4, 0.5) is 0 Å². The fourth-order valence-corrected chi connectivity index (χ4v) is 0.365. The molecule has 68 valence electrons. The van der Waals surface area contributed by atoms with Crippen molar-refractivity contribution in [1.82, 2.24) is 0 Å². The maximum atomic E-state index is 4.86. The van der Waals surface area contributed by atoms with E-state index in [0.717, 1.165) is 0 Å². The van der Waals surface area contributed by atoms with Gasteiger partial charge >= 0.3 is 0 Å². The second-order valence-electron chi connectivity index (χ2n) is 1.98. The summed E-state index contributed by atoms with van der Waals surface area (Å²) in [6.07, 6.45) is 2.62. The molecular weight excluding hydrogens is 152 g/mol. The zero-order chi connectivity index (χ0) is 9.98. The molecule has 2 heteroatoms. The second-order valence-corrected chi connectivity index (χ2v) is 1.98. The molecule has 0 aromatic heterocycles. The molecule has 0 heterocycles. The number of ether oxygens (including phenoxy) is 2. The van der Waals surface area contributed by atoms with Crippen LogP contribution in [0, 0.1) is 0 Å². The molecule has 0 fully saturated rings. The average molecular weight is 168 g/mol. The molecule has 0 radical (unpaired) electrons. The van der Waals surface area contributed by atoms with Crippen LogP contribution < -0.4 is 0 Å². The monoisotopic (exact) mass is 168 g/mol. The van der Waals surface area contributed by atoms with Gasteiger partial charge in [0, 0.05) is 0 Å². The quantitative estimate of drug-likeness (QED) is 0.599. The highest BCUT2D eigenvalue weighted by molar-refractivity contribution is 4.85. The third-order valence-electron chi connectivity index (χ3n) is 0.541. The van der Waals surface area contributed by atoms with Crippen LogP contribution in [0.15, 0.2) is 50.4 Å². The Balaban J connectivity index is 0. The third kappa shape index (κ3) is 23.5. The lowest BCUT2D eigenvalue weighted by molar-refractivity contribution is 0.313. The van der Waals surface area contributed by atoms with Crippen LogP contribution in [0.5, 0.6) is 0 Å². The highest BCUT2D eigenvalue weighted by Crippen LogP contribution is 1.97. The Bertz CT molecular complexity index is 151. The van der Waals surface area contributed by atoms with Gasteiger partial charge in [0.05, 0.1) is 24.0 Å². The van der Waals surface area contributed by atoms with Crippen molar-refractivity contribution in [2.75, 3.05) is 0 Å². The molecule has 2 nitrogen and oxygen atoms in total. The molecule has 0 aliphatic heterocycles. The van der Waals surface area contributed by atoms with Gasteiger partial charge in [0.2, 0.25) is 0 Å². The first kappa shape index (κ1) is 13.2. The highest BCUT2D eigenvalue weighted by atomic mass is 16.5. The van der Waals surface area contributed by atoms with Gasteiger partial charge in [0.15, 0.2) is 0 Å². The Labute approximate surface area is 74.5 Å². The molecule has 12 heavy (non-hydrogen) atoms. The minimum absolute atomic E-state index is 0.688. The summed E-state index contributed by atoms with van der Waals surface area (Å²) in [6.45, 7) is 17.1. The Hall–Kier alpha value is -1.44. The third-order valence-corrected chi connectivity index (χ3v) is 0.541. The largest absolute Gasteiger partial charge is 0.474 e. The summed E-state index contributed by atoms with van der Waals surface area (Å²) < 4.78 is 9.22. The molecule has 0 aliphatic rings. The van der Waals surface area contributed by atoms with Gasteiger partial charge in [-0.3, -0.25) is 0 Å². The van der Waals surface area contributed by atoms with E-state index >= 15 is 0 Å². The SMILES string of the molecule is C=C(C)OC(=C)C.C=COC=C. The summed E-state index contributed by atoms with van der Waals surface area (Å²) in [5.74, 6) is 1.38. The summed E-state index contributed by atoms with van der Waals surface area (Å²) in [4.78, 5) is 0. The van der Waals surface area contributed by atoms with Crippen LogP contribution in [0.3, 0.4) is 0 Å². The molecule has 0 aliphatic carbocycles. The van der Waals surface area contributed by atoms with E-state index in [1.165, 1.54) is 12.5 Å². The van der Waals surface area contributed by atoms with Crippen LogP contribution in [0.2, 0.25) is 0 Å². The number of rotatable bonds is 4. The second kappa shape index (κ2) is 9.56. The first-order valence-corrected chi connectivity index (χ1v) is 3.40. The zero-order valence-corrected chi connectivity index (χ0v) is 7.80. The Morgan fingerprint density at radius 3 is 1.33 bits per heavy atom. The molecule has 0 aromatic rings. The van der Waals surface area contributed by atoms with Crippen LogP contribution in [-0.4, -0.2) is 0 Å². The molecule has 0 N–H and O–H groups in total. The van der Waals surface area contributed by atoms with Crippen molar-refractivity contribution in [2.45, 2.75) is 13.8 Å². The van der Waals surface area contributed by atoms with E-state index in [9.17, 15) is 0 Å². The first-order chi connectivity index (χ1) is 5.54. The molecule has 0 amide bonds. The van der Waals surface area contributed by atoms with Gasteiger partial charge in [0.1, 0.15) is 0 Å². The summed E-state index contributed by atoms with van der Waals surface area (Å²) in [7, 11) is 0. The summed E-state index contributed by atoms with van der Waals surface area (Å²) in [6, 6.07) is 0. The smallest absolute Gasteiger partial charge is 0.0933 e. The summed E-state index contributed by atoms with van der Waals surface area (Å²) in [5.41, 5.74) is 0. The van der Waals surface area contributed by atoms with Gasteiger partial charge in [-0.25, -0.2) is 0 Å². The number of hydrogen-bond donors (Lipinski definition) is 0. The van der Waals surface area contributed by atoms with Gasteiger partial charge in [-0.2, -0.15) is 0 Å². The van der Waals surface area contributed by atoms with E-state index in [-0.39, 0.29) is 0 Å². The van der Waals surface area contributed by atoms with Gasteiger partial charge < -0.3 is 9.47 Å². The molecule has 0 spiro atoms. The minimum Gasteiger partial charge on any atom is -0.474 e. The van der Waals surface area contributed by atoms with Crippen molar-refractivity contribution in [1.29, 1.82) is 0 Å². The molecule has 0 saturated heterocycles. The van der Waals surface area contributed by atoms with Crippen molar-refractivity contribution in [3.8, 4) is 0 Å². The lowest BCUT2D eigenvalue weighted by Crippen LogP contribution is -1.78. The molecule has 0 bridgehead atoms. The van der Waals surface area contributed by atoms with Crippen molar-refractivity contribution in [3.63, 3.8) is 0 Å². The van der Waals surface area contributed by atoms with Crippen LogP contribution in [0.1, 0.15) is 13.8 Å². The number of hydrogen-bond acceptors (Lipinski definition) is 2. The Kier molecular flexibility index (Phi) is 10.5. The molecule has 0 saturated carbocycles. The predicted octanol–water partition coefficient (Wildman–Crippen LogP) is 3.36. The molecule has 0 unspecified atom stereocenters. The Morgan fingerprint density at radius 1 is 1.00 bits per heavy atom. The fraction of sp³-hybridized carbons (Fsp3) is 0.200. The maximum absolute atomic E-state index is 4.86. The molecule has 0 rings (SSSR count). The van der Waals surface area contributed by atoms with Crippen molar-refractivity contribution < 1.29 is 9.47 Å². The maximum Gasteiger partial charge on any atom is 0.0933 e. The normalized spacial score (nSPS) is 6.83. The van der Waals surface area contributed by atoms with Gasteiger partial charge in [0.25, 0.3) is 0 Å². The van der Waals surface area contributed by atoms with Crippen LogP contribution >= 0.6 is 0 Å². The predicted molar refractivity (Wildman–Crippen MR) is 52.2 cm³/mol. The highest BCUT2D eigenvalue weighted by Gasteiger charge is 1.80. The average Bonchev–Trinajstić information content (AvgIpc) is 1.87. The molecule has 0 aromatic carbocycles. The van der Waals surface area contributed by atoms with E-state index < -0.39 is 0 Å². The van der Waals surface area contributed by atoms with Crippen molar-refractivity contribution in [3.05, 3.63) is 50.4 Å². The lowest BCUT2D eigenvalue weighted by Gasteiger charge is -1.99. The lowest BCUT2D eigenvalue weighted by atomic mass is 10.6. The summed E-state index contributed by atoms with van der Waals surface area (Å²) in [5, 5.41) is 0.